The van der Waals surface area contributed by atoms with Crippen molar-refractivity contribution in [3.63, 3.8) is 0 Å². The average molecular weight is 661 g/mol. The van der Waals surface area contributed by atoms with Crippen molar-refractivity contribution in [2.45, 2.75) is 75.9 Å². The Kier molecular flexibility index (Phi) is 11.6. The number of aryl methyl sites for hydroxylation is 1. The van der Waals surface area contributed by atoms with Gasteiger partial charge in [-0.25, -0.2) is 8.42 Å². The lowest BCUT2D eigenvalue weighted by Crippen LogP contribution is -2.54. The summed E-state index contributed by atoms with van der Waals surface area (Å²) in [4.78, 5) is 29.5. The molecular weight excluding hydrogens is 621 g/mol. The van der Waals surface area contributed by atoms with Gasteiger partial charge in [0.05, 0.1) is 17.7 Å². The molecule has 0 spiro atoms. The lowest BCUT2D eigenvalue weighted by atomic mass is 9.95. The van der Waals surface area contributed by atoms with E-state index in [1.807, 2.05) is 13.8 Å². The normalized spacial score (nSPS) is 14.5. The predicted octanol–water partition coefficient (Wildman–Crippen LogP) is 6.76. The fourth-order valence-electron chi connectivity index (χ4n) is 5.48. The second kappa shape index (κ2) is 15.1. The zero-order chi connectivity index (χ0) is 31.9. The van der Waals surface area contributed by atoms with Gasteiger partial charge in [-0.3, -0.25) is 13.9 Å². The van der Waals surface area contributed by atoms with E-state index < -0.39 is 28.5 Å². The Morgan fingerprint density at radius 1 is 1.00 bits per heavy atom. The summed E-state index contributed by atoms with van der Waals surface area (Å²) in [6, 6.07) is 17.2. The van der Waals surface area contributed by atoms with Crippen LogP contribution in [-0.4, -0.2) is 50.9 Å². The van der Waals surface area contributed by atoms with Crippen LogP contribution in [0.1, 0.15) is 56.6 Å². The summed E-state index contributed by atoms with van der Waals surface area (Å²) in [7, 11) is -2.79. The number of hydrogen-bond acceptors (Lipinski definition) is 5. The third-order valence-electron chi connectivity index (χ3n) is 7.93. The fraction of sp³-hybridized carbons (Fsp3) is 0.394. The summed E-state index contributed by atoms with van der Waals surface area (Å²) in [5.41, 5.74) is 1.68. The number of carbonyl (C=O) groups is 2. The Morgan fingerprint density at radius 3 is 2.32 bits per heavy atom. The van der Waals surface area contributed by atoms with E-state index in [0.29, 0.717) is 22.0 Å². The number of benzene rings is 3. The van der Waals surface area contributed by atoms with Crippen molar-refractivity contribution in [1.29, 1.82) is 0 Å². The minimum atomic E-state index is -4.23. The van der Waals surface area contributed by atoms with Crippen LogP contribution >= 0.6 is 23.2 Å². The van der Waals surface area contributed by atoms with Crippen molar-refractivity contribution in [2.75, 3.05) is 18.0 Å². The van der Waals surface area contributed by atoms with Crippen LogP contribution in [0, 0.1) is 6.92 Å². The van der Waals surface area contributed by atoms with Crippen molar-refractivity contribution < 1.29 is 22.7 Å². The Balaban J connectivity index is 1.75. The minimum Gasteiger partial charge on any atom is -0.495 e. The second-order valence-electron chi connectivity index (χ2n) is 11.0. The number of amides is 2. The van der Waals surface area contributed by atoms with Gasteiger partial charge >= 0.3 is 0 Å². The third kappa shape index (κ3) is 8.06. The predicted molar refractivity (Wildman–Crippen MR) is 175 cm³/mol. The van der Waals surface area contributed by atoms with Crippen molar-refractivity contribution in [1.82, 2.24) is 10.2 Å². The number of nitrogens with one attached hydrogen (secondary N) is 1. The van der Waals surface area contributed by atoms with Crippen LogP contribution in [0.5, 0.6) is 5.75 Å². The number of hydrogen-bond donors (Lipinski definition) is 1. The molecule has 1 aliphatic rings. The summed E-state index contributed by atoms with van der Waals surface area (Å²) in [6.45, 7) is 3.10. The van der Waals surface area contributed by atoms with E-state index in [2.05, 4.69) is 5.32 Å². The first-order valence-corrected chi connectivity index (χ1v) is 17.0. The van der Waals surface area contributed by atoms with E-state index in [0.717, 1.165) is 42.0 Å². The molecule has 2 amide bonds. The van der Waals surface area contributed by atoms with E-state index in [1.54, 1.807) is 54.6 Å². The zero-order valence-electron chi connectivity index (χ0n) is 25.3. The maximum Gasteiger partial charge on any atom is 0.264 e. The lowest BCUT2D eigenvalue weighted by molar-refractivity contribution is -0.140. The molecule has 44 heavy (non-hydrogen) atoms. The fourth-order valence-corrected chi connectivity index (χ4v) is 7.38. The average Bonchev–Trinajstić information content (AvgIpc) is 3.01. The number of sulfonamides is 1. The Labute approximate surface area is 270 Å². The number of anilines is 1. The van der Waals surface area contributed by atoms with E-state index in [-0.39, 0.29) is 34.8 Å². The standard InChI is InChI=1S/C33H39Cl2N3O5S/c1-4-29(33(40)36-26-10-6-5-7-11-26)37(21-24-16-17-25(34)20-28(24)35)32(39)22-38(30-12-8-9-13-31(30)43-3)44(41,42)27-18-14-23(2)15-19-27/h8-9,12-20,26,29H,4-7,10-11,21-22H2,1-3H3,(H,36,40)/t29-/m0/s1. The first-order valence-electron chi connectivity index (χ1n) is 14.8. The van der Waals surface area contributed by atoms with E-state index in [9.17, 15) is 18.0 Å². The van der Waals surface area contributed by atoms with Gasteiger partial charge in [0.1, 0.15) is 18.3 Å². The third-order valence-corrected chi connectivity index (χ3v) is 10.3. The number of rotatable bonds is 12. The molecule has 236 valence electrons. The van der Waals surface area contributed by atoms with Gasteiger partial charge < -0.3 is 15.0 Å². The molecule has 1 atom stereocenters. The van der Waals surface area contributed by atoms with Gasteiger partial charge in [-0.2, -0.15) is 0 Å². The largest absolute Gasteiger partial charge is 0.495 e. The lowest BCUT2D eigenvalue weighted by Gasteiger charge is -2.35. The Bertz CT molecular complexity index is 1560. The van der Waals surface area contributed by atoms with Crippen LogP contribution in [0.3, 0.4) is 0 Å². The van der Waals surface area contributed by atoms with Gasteiger partial charge in [-0.1, -0.05) is 85.3 Å². The van der Waals surface area contributed by atoms with E-state index >= 15 is 0 Å². The van der Waals surface area contributed by atoms with Crippen LogP contribution in [-0.2, 0) is 26.2 Å². The van der Waals surface area contributed by atoms with Crippen LogP contribution in [0.4, 0.5) is 5.69 Å². The van der Waals surface area contributed by atoms with Crippen LogP contribution in [0.15, 0.2) is 71.6 Å². The molecule has 8 nitrogen and oxygen atoms in total. The number of para-hydroxylation sites is 2. The molecular formula is C33H39Cl2N3O5S. The smallest absolute Gasteiger partial charge is 0.264 e. The molecule has 0 radical (unpaired) electrons. The van der Waals surface area contributed by atoms with Crippen molar-refractivity contribution in [2.24, 2.45) is 0 Å². The van der Waals surface area contributed by atoms with Gasteiger partial charge in [0.25, 0.3) is 10.0 Å². The summed E-state index contributed by atoms with van der Waals surface area (Å²) in [5.74, 6) is -0.559. The minimum absolute atomic E-state index is 0.0181. The van der Waals surface area contributed by atoms with Crippen molar-refractivity contribution in [3.8, 4) is 5.75 Å². The van der Waals surface area contributed by atoms with Crippen LogP contribution in [0.2, 0.25) is 10.0 Å². The molecule has 1 saturated carbocycles. The molecule has 0 bridgehead atoms. The topological polar surface area (TPSA) is 96.0 Å². The molecule has 3 aromatic carbocycles. The highest BCUT2D eigenvalue weighted by atomic mass is 35.5. The summed E-state index contributed by atoms with van der Waals surface area (Å²) < 4.78 is 34.8. The molecule has 1 fully saturated rings. The highest BCUT2D eigenvalue weighted by Crippen LogP contribution is 2.33. The van der Waals surface area contributed by atoms with Gasteiger partial charge in [-0.15, -0.1) is 0 Å². The molecule has 4 rings (SSSR count). The first kappa shape index (κ1) is 33.6. The van der Waals surface area contributed by atoms with E-state index in [4.69, 9.17) is 27.9 Å². The summed E-state index contributed by atoms with van der Waals surface area (Å²) in [6.07, 6.45) is 5.29. The van der Waals surface area contributed by atoms with Gasteiger partial charge in [-0.05, 0) is 68.1 Å². The Morgan fingerprint density at radius 2 is 1.68 bits per heavy atom. The molecule has 1 N–H and O–H groups in total. The van der Waals surface area contributed by atoms with Crippen molar-refractivity contribution >= 4 is 50.7 Å². The van der Waals surface area contributed by atoms with Gasteiger partial charge in [0.2, 0.25) is 11.8 Å². The maximum atomic E-state index is 14.4. The number of nitrogens with zero attached hydrogens (tertiary/aromatic N) is 2. The van der Waals surface area contributed by atoms with Crippen LogP contribution < -0.4 is 14.4 Å². The number of ether oxygens (including phenoxy) is 1. The molecule has 0 unspecified atom stereocenters. The number of methoxy groups -OCH3 is 1. The SMILES string of the molecule is CC[C@@H](C(=O)NC1CCCCC1)N(Cc1ccc(Cl)cc1Cl)C(=O)CN(c1ccccc1OC)S(=O)(=O)c1ccc(C)cc1. The highest BCUT2D eigenvalue weighted by Gasteiger charge is 2.35. The molecule has 0 aliphatic heterocycles. The number of halogens is 2. The summed E-state index contributed by atoms with van der Waals surface area (Å²) in [5, 5.41) is 3.92. The maximum absolute atomic E-state index is 14.4. The monoisotopic (exact) mass is 659 g/mol. The highest BCUT2D eigenvalue weighted by molar-refractivity contribution is 7.92. The van der Waals surface area contributed by atoms with Crippen molar-refractivity contribution in [3.05, 3.63) is 87.9 Å². The molecule has 0 aromatic heterocycles. The molecule has 11 heteroatoms. The second-order valence-corrected chi connectivity index (χ2v) is 13.7. The summed E-state index contributed by atoms with van der Waals surface area (Å²) >= 11 is 12.7. The van der Waals surface area contributed by atoms with E-state index in [1.165, 1.54) is 24.1 Å². The number of carbonyl (C=O) groups excluding carboxylic acids is 2. The molecule has 3 aromatic rings. The van der Waals surface area contributed by atoms with Gasteiger partial charge in [0.15, 0.2) is 0 Å². The first-order chi connectivity index (χ1) is 21.0. The Hall–Kier alpha value is -3.27. The van der Waals surface area contributed by atoms with Crippen LogP contribution in [0.25, 0.3) is 0 Å². The molecule has 0 heterocycles. The zero-order valence-corrected chi connectivity index (χ0v) is 27.6. The van der Waals surface area contributed by atoms with Gasteiger partial charge in [0, 0.05) is 22.6 Å². The molecule has 1 aliphatic carbocycles. The quantitative estimate of drug-likeness (QED) is 0.232. The molecule has 0 saturated heterocycles.